The summed E-state index contributed by atoms with van der Waals surface area (Å²) in [4.78, 5) is 0. The third-order valence-corrected chi connectivity index (χ3v) is 4.65. The van der Waals surface area contributed by atoms with Gasteiger partial charge in [-0.3, -0.25) is 0 Å². The van der Waals surface area contributed by atoms with E-state index in [0.717, 1.165) is 0 Å². The first-order valence-corrected chi connectivity index (χ1v) is 8.62. The van der Waals surface area contributed by atoms with E-state index in [1.165, 1.54) is 0 Å². The van der Waals surface area contributed by atoms with Crippen LogP contribution in [0.1, 0.15) is 6.42 Å². The Hall–Kier alpha value is -1.44. The van der Waals surface area contributed by atoms with Crippen molar-refractivity contribution in [1.82, 2.24) is 0 Å². The zero-order valence-electron chi connectivity index (χ0n) is 10.9. The van der Waals surface area contributed by atoms with Crippen LogP contribution in [0.5, 0.6) is 11.5 Å². The van der Waals surface area contributed by atoms with Gasteiger partial charge in [-0.15, -0.1) is 11.6 Å². The molecule has 0 spiro atoms. The lowest BCUT2D eigenvalue weighted by molar-refractivity contribution is 0.385. The fourth-order valence-electron chi connectivity index (χ4n) is 1.65. The van der Waals surface area contributed by atoms with Gasteiger partial charge < -0.3 is 9.05 Å². The van der Waals surface area contributed by atoms with Gasteiger partial charge in [-0.2, -0.15) is 0 Å². The Morgan fingerprint density at radius 3 is 1.70 bits per heavy atom. The van der Waals surface area contributed by atoms with Gasteiger partial charge >= 0.3 is 7.60 Å². The van der Waals surface area contributed by atoms with Crippen LogP contribution in [0, 0.1) is 0 Å². The molecule has 2 rings (SSSR count). The van der Waals surface area contributed by atoms with Crippen molar-refractivity contribution >= 4 is 19.2 Å². The van der Waals surface area contributed by atoms with Gasteiger partial charge in [0.2, 0.25) is 0 Å². The predicted octanol–water partition coefficient (Wildman–Crippen LogP) is 4.97. The molecule has 0 aliphatic heterocycles. The van der Waals surface area contributed by atoms with Gasteiger partial charge in [0.05, 0.1) is 6.16 Å². The van der Waals surface area contributed by atoms with Gasteiger partial charge in [0.15, 0.2) is 0 Å². The van der Waals surface area contributed by atoms with E-state index >= 15 is 0 Å². The Kier molecular flexibility index (Phi) is 5.51. The summed E-state index contributed by atoms with van der Waals surface area (Å²) in [6.07, 6.45) is 0.846. The van der Waals surface area contributed by atoms with Crippen LogP contribution in [-0.2, 0) is 4.57 Å². The molecule has 0 fully saturated rings. The molecule has 106 valence electrons. The van der Waals surface area contributed by atoms with Crippen molar-refractivity contribution in [2.24, 2.45) is 0 Å². The molecule has 0 unspecified atom stereocenters. The maximum absolute atomic E-state index is 12.8. The van der Waals surface area contributed by atoms with Crippen LogP contribution in [0.3, 0.4) is 0 Å². The van der Waals surface area contributed by atoms with Gasteiger partial charge in [0.25, 0.3) is 0 Å². The highest BCUT2D eigenvalue weighted by molar-refractivity contribution is 7.54. The van der Waals surface area contributed by atoms with E-state index in [4.69, 9.17) is 20.6 Å². The van der Waals surface area contributed by atoms with Crippen LogP contribution in [0.4, 0.5) is 0 Å². The van der Waals surface area contributed by atoms with Crippen LogP contribution in [0.25, 0.3) is 0 Å². The molecule has 0 radical (unpaired) electrons. The minimum atomic E-state index is -3.26. The van der Waals surface area contributed by atoms with Gasteiger partial charge in [-0.05, 0) is 30.7 Å². The second-order valence-electron chi connectivity index (χ2n) is 4.19. The molecule has 0 aliphatic carbocycles. The van der Waals surface area contributed by atoms with E-state index in [-0.39, 0.29) is 6.16 Å². The minimum Gasteiger partial charge on any atom is -0.416 e. The highest BCUT2D eigenvalue weighted by atomic mass is 35.5. The first-order chi connectivity index (χ1) is 9.72. The van der Waals surface area contributed by atoms with Crippen LogP contribution in [0.2, 0.25) is 0 Å². The fourth-order valence-corrected chi connectivity index (χ4v) is 3.62. The van der Waals surface area contributed by atoms with E-state index in [1.807, 2.05) is 36.4 Å². The highest BCUT2D eigenvalue weighted by Gasteiger charge is 2.27. The molecule has 0 heterocycles. The maximum Gasteiger partial charge on any atom is 0.430 e. The van der Waals surface area contributed by atoms with E-state index < -0.39 is 7.60 Å². The Balaban J connectivity index is 2.15. The molecular formula is C15H16ClO3P. The highest BCUT2D eigenvalue weighted by Crippen LogP contribution is 2.48. The summed E-state index contributed by atoms with van der Waals surface area (Å²) >= 11 is 5.68. The molecule has 0 aliphatic rings. The number of para-hydroxylation sites is 2. The Labute approximate surface area is 124 Å². The Bertz CT molecular complexity index is 514. The molecule has 2 aromatic rings. The summed E-state index contributed by atoms with van der Waals surface area (Å²) in [7, 11) is -3.26. The first-order valence-electron chi connectivity index (χ1n) is 6.36. The SMILES string of the molecule is O=P(CCCCl)(Oc1ccccc1)Oc1ccccc1. The third-order valence-electron chi connectivity index (χ3n) is 2.54. The number of alkyl halides is 1. The normalized spacial score (nSPS) is 11.1. The third kappa shape index (κ3) is 4.59. The van der Waals surface area contributed by atoms with Crippen molar-refractivity contribution in [3.63, 3.8) is 0 Å². The molecule has 3 nitrogen and oxygen atoms in total. The van der Waals surface area contributed by atoms with Gasteiger partial charge in [-0.25, -0.2) is 4.57 Å². The largest absolute Gasteiger partial charge is 0.430 e. The molecule has 20 heavy (non-hydrogen) atoms. The van der Waals surface area contributed by atoms with Crippen LogP contribution < -0.4 is 9.05 Å². The number of hydrogen-bond acceptors (Lipinski definition) is 3. The molecule has 2 aromatic carbocycles. The van der Waals surface area contributed by atoms with Gasteiger partial charge in [0.1, 0.15) is 11.5 Å². The molecular weight excluding hydrogens is 295 g/mol. The Morgan fingerprint density at radius 2 is 1.30 bits per heavy atom. The summed E-state index contributed by atoms with van der Waals surface area (Å²) in [5.74, 6) is 1.47. The second kappa shape index (κ2) is 7.37. The summed E-state index contributed by atoms with van der Waals surface area (Å²) < 4.78 is 24.0. The molecule has 0 saturated heterocycles. The molecule has 5 heteroatoms. The summed E-state index contributed by atoms with van der Waals surface area (Å²) in [6, 6.07) is 18.0. The van der Waals surface area contributed by atoms with Crippen molar-refractivity contribution in [3.05, 3.63) is 60.7 Å². The van der Waals surface area contributed by atoms with Crippen LogP contribution >= 0.6 is 19.2 Å². The lowest BCUT2D eigenvalue weighted by atomic mass is 10.3. The lowest BCUT2D eigenvalue weighted by Crippen LogP contribution is -2.05. The average molecular weight is 311 g/mol. The van der Waals surface area contributed by atoms with E-state index in [2.05, 4.69) is 0 Å². The number of benzene rings is 2. The van der Waals surface area contributed by atoms with Gasteiger partial charge in [-0.1, -0.05) is 36.4 Å². The van der Waals surface area contributed by atoms with Crippen molar-refractivity contribution < 1.29 is 13.6 Å². The topological polar surface area (TPSA) is 35.5 Å². The van der Waals surface area contributed by atoms with Crippen molar-refractivity contribution in [2.75, 3.05) is 12.0 Å². The lowest BCUT2D eigenvalue weighted by Gasteiger charge is -2.19. The zero-order valence-corrected chi connectivity index (χ0v) is 12.6. The number of halogens is 1. The monoisotopic (exact) mass is 310 g/mol. The smallest absolute Gasteiger partial charge is 0.416 e. The summed E-state index contributed by atoms with van der Waals surface area (Å²) in [5, 5.41) is 0. The van der Waals surface area contributed by atoms with Crippen molar-refractivity contribution in [1.29, 1.82) is 0 Å². The molecule has 0 N–H and O–H groups in total. The maximum atomic E-state index is 12.8. The van der Waals surface area contributed by atoms with E-state index in [0.29, 0.717) is 23.8 Å². The van der Waals surface area contributed by atoms with Crippen LogP contribution in [-0.4, -0.2) is 12.0 Å². The summed E-state index contributed by atoms with van der Waals surface area (Å²) in [5.41, 5.74) is 0. The number of hydrogen-bond donors (Lipinski definition) is 0. The van der Waals surface area contributed by atoms with Crippen molar-refractivity contribution in [3.8, 4) is 11.5 Å². The van der Waals surface area contributed by atoms with E-state index in [9.17, 15) is 4.57 Å². The van der Waals surface area contributed by atoms with Gasteiger partial charge in [0, 0.05) is 5.88 Å². The quantitative estimate of drug-likeness (QED) is 0.535. The molecule has 0 aromatic heterocycles. The standard InChI is InChI=1S/C15H16ClO3P/c16-12-7-13-20(17,18-14-8-3-1-4-9-14)19-15-10-5-2-6-11-15/h1-6,8-11H,7,12-13H2. The Morgan fingerprint density at radius 1 is 0.850 bits per heavy atom. The molecule has 0 amide bonds. The van der Waals surface area contributed by atoms with E-state index in [1.54, 1.807) is 24.3 Å². The van der Waals surface area contributed by atoms with Crippen LogP contribution in [0.15, 0.2) is 60.7 Å². The minimum absolute atomic E-state index is 0.278. The fraction of sp³-hybridized carbons (Fsp3) is 0.200. The number of rotatable bonds is 7. The zero-order chi connectivity index (χ0) is 14.3. The molecule has 0 bridgehead atoms. The molecule has 0 saturated carbocycles. The van der Waals surface area contributed by atoms with Crippen molar-refractivity contribution in [2.45, 2.75) is 6.42 Å². The predicted molar refractivity (Wildman–Crippen MR) is 82.0 cm³/mol. The summed E-state index contributed by atoms with van der Waals surface area (Å²) in [6.45, 7) is 0. The second-order valence-corrected chi connectivity index (χ2v) is 6.60. The first kappa shape index (κ1) is 15.0. The molecule has 0 atom stereocenters. The average Bonchev–Trinajstić information content (AvgIpc) is 2.47.